The van der Waals surface area contributed by atoms with Gasteiger partial charge < -0.3 is 15.0 Å². The van der Waals surface area contributed by atoms with E-state index in [1.165, 1.54) is 0 Å². The van der Waals surface area contributed by atoms with Gasteiger partial charge in [-0.15, -0.1) is 0 Å². The van der Waals surface area contributed by atoms with Crippen LogP contribution < -0.4 is 10.2 Å². The Morgan fingerprint density at radius 1 is 1.37 bits per heavy atom. The van der Waals surface area contributed by atoms with Gasteiger partial charge in [-0.2, -0.15) is 0 Å². The molecular weight excluding hydrogens is 246 g/mol. The number of rotatable bonds is 3. The number of nitro benzene ring substituents is 1. The highest BCUT2D eigenvalue weighted by molar-refractivity contribution is 5.69. The zero-order valence-electron chi connectivity index (χ0n) is 11.4. The Labute approximate surface area is 112 Å². The average molecular weight is 265 g/mol. The van der Waals surface area contributed by atoms with E-state index in [0.29, 0.717) is 5.69 Å². The van der Waals surface area contributed by atoms with Gasteiger partial charge in [-0.25, -0.2) is 0 Å². The molecule has 6 heteroatoms. The standard InChI is InChI=1S/C13H19N3O3/c1-9-7-15(8-10(2)19-9)11-4-5-13(16(17)18)12(6-11)14-3/h4-6,9-10,14H,7-8H2,1-3H3/t9-,10+. The number of hydrogen-bond donors (Lipinski definition) is 1. The van der Waals surface area contributed by atoms with Crippen molar-refractivity contribution in [1.82, 2.24) is 0 Å². The molecule has 1 aromatic rings. The summed E-state index contributed by atoms with van der Waals surface area (Å²) in [7, 11) is 1.69. The molecule has 1 saturated heterocycles. The van der Waals surface area contributed by atoms with Gasteiger partial charge in [0.15, 0.2) is 0 Å². The third-order valence-corrected chi connectivity index (χ3v) is 3.23. The molecule has 6 nitrogen and oxygen atoms in total. The minimum atomic E-state index is -0.375. The molecule has 1 aromatic carbocycles. The van der Waals surface area contributed by atoms with Crippen LogP contribution in [0.4, 0.5) is 17.1 Å². The Bertz CT molecular complexity index is 468. The SMILES string of the molecule is CNc1cc(N2C[C@@H](C)O[C@@H](C)C2)ccc1[N+](=O)[O-]. The molecule has 1 N–H and O–H groups in total. The number of nitrogens with zero attached hydrogens (tertiary/aromatic N) is 2. The highest BCUT2D eigenvalue weighted by atomic mass is 16.6. The normalized spacial score (nSPS) is 23.2. The molecule has 104 valence electrons. The van der Waals surface area contributed by atoms with Crippen LogP contribution in [0.15, 0.2) is 18.2 Å². The fourth-order valence-corrected chi connectivity index (χ4v) is 2.47. The molecule has 1 aliphatic rings. The Morgan fingerprint density at radius 2 is 2.00 bits per heavy atom. The van der Waals surface area contributed by atoms with Crippen molar-refractivity contribution in [2.24, 2.45) is 0 Å². The van der Waals surface area contributed by atoms with E-state index >= 15 is 0 Å². The second kappa shape index (κ2) is 5.44. The second-order valence-electron chi connectivity index (χ2n) is 4.87. The van der Waals surface area contributed by atoms with Crippen LogP contribution in [0.2, 0.25) is 0 Å². The van der Waals surface area contributed by atoms with Gasteiger partial charge in [0.05, 0.1) is 17.1 Å². The first kappa shape index (κ1) is 13.6. The van der Waals surface area contributed by atoms with Crippen LogP contribution in [-0.4, -0.2) is 37.3 Å². The van der Waals surface area contributed by atoms with Crippen LogP contribution in [0.25, 0.3) is 0 Å². The van der Waals surface area contributed by atoms with Crippen molar-refractivity contribution in [3.63, 3.8) is 0 Å². The van der Waals surface area contributed by atoms with Gasteiger partial charge in [0.25, 0.3) is 5.69 Å². The van der Waals surface area contributed by atoms with Gasteiger partial charge in [0.2, 0.25) is 0 Å². The van der Waals surface area contributed by atoms with Crippen LogP contribution in [0, 0.1) is 10.1 Å². The lowest BCUT2D eigenvalue weighted by Crippen LogP contribution is -2.45. The van der Waals surface area contributed by atoms with Crippen molar-refractivity contribution in [3.05, 3.63) is 28.3 Å². The Hall–Kier alpha value is -1.82. The number of ether oxygens (including phenoxy) is 1. The molecule has 2 atom stereocenters. The maximum absolute atomic E-state index is 10.9. The highest BCUT2D eigenvalue weighted by Crippen LogP contribution is 2.30. The molecule has 0 spiro atoms. The zero-order valence-corrected chi connectivity index (χ0v) is 11.4. The molecule has 1 aliphatic heterocycles. The van der Waals surface area contributed by atoms with Crippen molar-refractivity contribution in [1.29, 1.82) is 0 Å². The van der Waals surface area contributed by atoms with Crippen LogP contribution in [0.1, 0.15) is 13.8 Å². The lowest BCUT2D eigenvalue weighted by Gasteiger charge is -2.37. The molecular formula is C13H19N3O3. The van der Waals surface area contributed by atoms with Crippen molar-refractivity contribution >= 4 is 17.1 Å². The molecule has 19 heavy (non-hydrogen) atoms. The van der Waals surface area contributed by atoms with E-state index in [4.69, 9.17) is 4.74 Å². The monoisotopic (exact) mass is 265 g/mol. The van der Waals surface area contributed by atoms with E-state index in [2.05, 4.69) is 10.2 Å². The third-order valence-electron chi connectivity index (χ3n) is 3.23. The molecule has 0 saturated carbocycles. The summed E-state index contributed by atoms with van der Waals surface area (Å²) in [6.07, 6.45) is 0.328. The number of benzene rings is 1. The zero-order chi connectivity index (χ0) is 14.0. The predicted octanol–water partition coefficient (Wildman–Crippen LogP) is 2.25. The largest absolute Gasteiger partial charge is 0.383 e. The smallest absolute Gasteiger partial charge is 0.292 e. The highest BCUT2D eigenvalue weighted by Gasteiger charge is 2.23. The first-order valence-corrected chi connectivity index (χ1v) is 6.38. The average Bonchev–Trinajstić information content (AvgIpc) is 2.36. The molecule has 0 bridgehead atoms. The van der Waals surface area contributed by atoms with Crippen molar-refractivity contribution < 1.29 is 9.66 Å². The topological polar surface area (TPSA) is 67.6 Å². The third kappa shape index (κ3) is 2.96. The summed E-state index contributed by atoms with van der Waals surface area (Å²) in [6.45, 7) is 5.66. The summed E-state index contributed by atoms with van der Waals surface area (Å²) in [5, 5.41) is 13.8. The molecule has 1 heterocycles. The molecule has 0 unspecified atom stereocenters. The van der Waals surface area contributed by atoms with Gasteiger partial charge in [0, 0.05) is 31.9 Å². The fourth-order valence-electron chi connectivity index (χ4n) is 2.47. The van der Waals surface area contributed by atoms with E-state index in [9.17, 15) is 10.1 Å². The fraction of sp³-hybridized carbons (Fsp3) is 0.538. The van der Waals surface area contributed by atoms with Crippen molar-refractivity contribution in [2.45, 2.75) is 26.1 Å². The van der Waals surface area contributed by atoms with E-state index in [1.807, 2.05) is 19.9 Å². The lowest BCUT2D eigenvalue weighted by molar-refractivity contribution is -0.383. The Morgan fingerprint density at radius 3 is 2.53 bits per heavy atom. The van der Waals surface area contributed by atoms with Crippen molar-refractivity contribution in [3.8, 4) is 0 Å². The minimum Gasteiger partial charge on any atom is -0.383 e. The van der Waals surface area contributed by atoms with Crippen LogP contribution >= 0.6 is 0 Å². The quantitative estimate of drug-likeness (QED) is 0.670. The Balaban J connectivity index is 2.27. The van der Waals surface area contributed by atoms with E-state index in [0.717, 1.165) is 18.8 Å². The first-order chi connectivity index (χ1) is 9.01. The maximum Gasteiger partial charge on any atom is 0.292 e. The van der Waals surface area contributed by atoms with Gasteiger partial charge >= 0.3 is 0 Å². The molecule has 2 rings (SSSR count). The molecule has 0 radical (unpaired) electrons. The number of nitrogens with one attached hydrogen (secondary N) is 1. The van der Waals surface area contributed by atoms with Crippen molar-refractivity contribution in [2.75, 3.05) is 30.4 Å². The second-order valence-corrected chi connectivity index (χ2v) is 4.87. The summed E-state index contributed by atoms with van der Waals surface area (Å²) in [5.41, 5.74) is 1.62. The van der Waals surface area contributed by atoms with E-state index < -0.39 is 0 Å². The molecule has 0 aliphatic carbocycles. The first-order valence-electron chi connectivity index (χ1n) is 6.38. The summed E-state index contributed by atoms with van der Waals surface area (Å²) >= 11 is 0. The summed E-state index contributed by atoms with van der Waals surface area (Å²) in [4.78, 5) is 12.7. The van der Waals surface area contributed by atoms with E-state index in [1.54, 1.807) is 19.2 Å². The number of anilines is 2. The summed E-state index contributed by atoms with van der Waals surface area (Å²) in [5.74, 6) is 0. The van der Waals surface area contributed by atoms with Gasteiger partial charge in [-0.05, 0) is 26.0 Å². The van der Waals surface area contributed by atoms with Gasteiger partial charge in [0.1, 0.15) is 5.69 Å². The predicted molar refractivity (Wildman–Crippen MR) is 74.9 cm³/mol. The van der Waals surface area contributed by atoms with E-state index in [-0.39, 0.29) is 22.8 Å². The summed E-state index contributed by atoms with van der Waals surface area (Å²) in [6, 6.07) is 5.17. The molecule has 1 fully saturated rings. The van der Waals surface area contributed by atoms with Crippen LogP contribution in [-0.2, 0) is 4.74 Å². The molecule has 0 aromatic heterocycles. The van der Waals surface area contributed by atoms with Gasteiger partial charge in [-0.1, -0.05) is 0 Å². The Kier molecular flexibility index (Phi) is 3.90. The molecule has 0 amide bonds. The number of hydrogen-bond acceptors (Lipinski definition) is 5. The van der Waals surface area contributed by atoms with Crippen LogP contribution in [0.3, 0.4) is 0 Å². The van der Waals surface area contributed by atoms with Crippen LogP contribution in [0.5, 0.6) is 0 Å². The number of nitro groups is 1. The lowest BCUT2D eigenvalue weighted by atomic mass is 10.1. The minimum absolute atomic E-state index is 0.0978. The summed E-state index contributed by atoms with van der Waals surface area (Å²) < 4.78 is 5.69. The number of morpholine rings is 1. The maximum atomic E-state index is 10.9. The van der Waals surface area contributed by atoms with Gasteiger partial charge in [-0.3, -0.25) is 10.1 Å².